The second kappa shape index (κ2) is 3.42. The molecule has 0 spiro atoms. The Balaban J connectivity index is 2.37. The average Bonchev–Trinajstić information content (AvgIpc) is 2.54. The highest BCUT2D eigenvalue weighted by molar-refractivity contribution is 6.05. The number of Topliss-reactive ketones (excluding diaryl/α,β-unsaturated/α-hetero) is 1. The Morgan fingerprint density at radius 2 is 2.12 bits per heavy atom. The van der Waals surface area contributed by atoms with Gasteiger partial charge in [-0.3, -0.25) is 9.59 Å². The first-order valence-electron chi connectivity index (χ1n) is 5.14. The van der Waals surface area contributed by atoms with Gasteiger partial charge in [0.15, 0.2) is 5.78 Å². The Morgan fingerprint density at radius 1 is 1.44 bits per heavy atom. The molecular formula is C12H14N2O2. The lowest BCUT2D eigenvalue weighted by atomic mass is 9.93. The van der Waals surface area contributed by atoms with Crippen molar-refractivity contribution in [2.75, 3.05) is 5.32 Å². The van der Waals surface area contributed by atoms with Crippen LogP contribution < -0.4 is 11.1 Å². The van der Waals surface area contributed by atoms with Crippen molar-refractivity contribution in [3.05, 3.63) is 29.3 Å². The molecule has 4 heteroatoms. The number of anilines is 1. The summed E-state index contributed by atoms with van der Waals surface area (Å²) in [7, 11) is 0. The zero-order valence-electron chi connectivity index (χ0n) is 9.33. The van der Waals surface area contributed by atoms with Crippen molar-refractivity contribution in [2.24, 2.45) is 5.73 Å². The SMILES string of the molecule is CC(C)(N)C(=O)c1ccc2c(c1)CC(=O)N2. The van der Waals surface area contributed by atoms with Gasteiger partial charge in [-0.05, 0) is 37.6 Å². The maximum absolute atomic E-state index is 11.9. The Kier molecular flexibility index (Phi) is 2.31. The van der Waals surface area contributed by atoms with Gasteiger partial charge >= 0.3 is 0 Å². The number of hydrogen-bond acceptors (Lipinski definition) is 3. The first-order valence-corrected chi connectivity index (χ1v) is 5.14. The number of nitrogens with one attached hydrogen (secondary N) is 1. The second-order valence-electron chi connectivity index (χ2n) is 4.65. The van der Waals surface area contributed by atoms with Crippen LogP contribution in [-0.2, 0) is 11.2 Å². The molecular weight excluding hydrogens is 204 g/mol. The summed E-state index contributed by atoms with van der Waals surface area (Å²) in [6.45, 7) is 3.35. The third kappa shape index (κ3) is 1.84. The fourth-order valence-electron chi connectivity index (χ4n) is 1.74. The van der Waals surface area contributed by atoms with Gasteiger partial charge in [0.05, 0.1) is 12.0 Å². The first-order chi connectivity index (χ1) is 7.38. The molecule has 0 radical (unpaired) electrons. The van der Waals surface area contributed by atoms with Crippen LogP contribution in [0, 0.1) is 0 Å². The molecule has 0 saturated carbocycles. The van der Waals surface area contributed by atoms with E-state index in [0.29, 0.717) is 12.0 Å². The smallest absolute Gasteiger partial charge is 0.228 e. The predicted molar refractivity (Wildman–Crippen MR) is 61.4 cm³/mol. The van der Waals surface area contributed by atoms with E-state index in [4.69, 9.17) is 5.73 Å². The summed E-state index contributed by atoms with van der Waals surface area (Å²) in [6, 6.07) is 5.19. The Morgan fingerprint density at radius 3 is 2.75 bits per heavy atom. The molecule has 0 saturated heterocycles. The van der Waals surface area contributed by atoms with Crippen LogP contribution in [0.2, 0.25) is 0 Å². The topological polar surface area (TPSA) is 72.2 Å². The number of benzene rings is 1. The molecule has 0 atom stereocenters. The number of carbonyl (C=O) groups is 2. The molecule has 0 fully saturated rings. The molecule has 1 aliphatic heterocycles. The third-order valence-electron chi connectivity index (χ3n) is 2.58. The van der Waals surface area contributed by atoms with Gasteiger partial charge in [-0.15, -0.1) is 0 Å². The number of fused-ring (bicyclic) bond motifs is 1. The van der Waals surface area contributed by atoms with Crippen LogP contribution in [0.1, 0.15) is 29.8 Å². The molecule has 3 N–H and O–H groups in total. The summed E-state index contributed by atoms with van der Waals surface area (Å²) in [5.74, 6) is -0.152. The molecule has 1 aromatic rings. The van der Waals surface area contributed by atoms with Crippen molar-refractivity contribution in [2.45, 2.75) is 25.8 Å². The zero-order chi connectivity index (χ0) is 11.9. The van der Waals surface area contributed by atoms with Gasteiger partial charge in [0.25, 0.3) is 0 Å². The van der Waals surface area contributed by atoms with Crippen LogP contribution in [0.15, 0.2) is 18.2 Å². The highest BCUT2D eigenvalue weighted by atomic mass is 16.2. The number of amides is 1. The van der Waals surface area contributed by atoms with Crippen LogP contribution in [0.5, 0.6) is 0 Å². The molecule has 1 heterocycles. The lowest BCUT2D eigenvalue weighted by Crippen LogP contribution is -2.41. The fraction of sp³-hybridized carbons (Fsp3) is 0.333. The van der Waals surface area contributed by atoms with Crippen molar-refractivity contribution >= 4 is 17.4 Å². The standard InChI is InChI=1S/C12H14N2O2/c1-12(2,13)11(16)7-3-4-9-8(5-7)6-10(15)14-9/h3-5H,6,13H2,1-2H3,(H,14,15). The van der Waals surface area contributed by atoms with Crippen molar-refractivity contribution in [3.63, 3.8) is 0 Å². The lowest BCUT2D eigenvalue weighted by molar-refractivity contribution is -0.115. The molecule has 1 aromatic carbocycles. The van der Waals surface area contributed by atoms with E-state index in [1.54, 1.807) is 32.0 Å². The minimum Gasteiger partial charge on any atom is -0.326 e. The largest absolute Gasteiger partial charge is 0.326 e. The third-order valence-corrected chi connectivity index (χ3v) is 2.58. The van der Waals surface area contributed by atoms with E-state index in [1.165, 1.54) is 0 Å². The number of rotatable bonds is 2. The molecule has 0 unspecified atom stereocenters. The minimum atomic E-state index is -0.885. The van der Waals surface area contributed by atoms with Gasteiger partial charge in [0.1, 0.15) is 0 Å². The quantitative estimate of drug-likeness (QED) is 0.730. The molecule has 4 nitrogen and oxygen atoms in total. The summed E-state index contributed by atoms with van der Waals surface area (Å²) >= 11 is 0. The van der Waals surface area contributed by atoms with Crippen LogP contribution in [-0.4, -0.2) is 17.2 Å². The van der Waals surface area contributed by atoms with Crippen molar-refractivity contribution < 1.29 is 9.59 Å². The number of ketones is 1. The molecule has 0 bridgehead atoms. The van der Waals surface area contributed by atoms with Gasteiger partial charge < -0.3 is 11.1 Å². The first kappa shape index (κ1) is 10.8. The van der Waals surface area contributed by atoms with E-state index in [2.05, 4.69) is 5.32 Å². The van der Waals surface area contributed by atoms with E-state index in [-0.39, 0.29) is 11.7 Å². The monoisotopic (exact) mass is 218 g/mol. The maximum atomic E-state index is 11.9. The van der Waals surface area contributed by atoms with Gasteiger partial charge in [0.2, 0.25) is 5.91 Å². The van der Waals surface area contributed by atoms with Crippen LogP contribution >= 0.6 is 0 Å². The number of hydrogen-bond donors (Lipinski definition) is 2. The van der Waals surface area contributed by atoms with Crippen molar-refractivity contribution in [1.82, 2.24) is 0 Å². The van der Waals surface area contributed by atoms with Gasteiger partial charge in [0, 0.05) is 11.3 Å². The molecule has 0 aromatic heterocycles. The summed E-state index contributed by atoms with van der Waals surface area (Å²) in [4.78, 5) is 23.1. The second-order valence-corrected chi connectivity index (χ2v) is 4.65. The van der Waals surface area contributed by atoms with E-state index in [0.717, 1.165) is 11.3 Å². The summed E-state index contributed by atoms with van der Waals surface area (Å²) in [5.41, 5.74) is 7.07. The average molecular weight is 218 g/mol. The maximum Gasteiger partial charge on any atom is 0.228 e. The predicted octanol–water partition coefficient (Wildman–Crippen LogP) is 1.10. The lowest BCUT2D eigenvalue weighted by Gasteiger charge is -2.17. The summed E-state index contributed by atoms with van der Waals surface area (Å²) < 4.78 is 0. The number of carbonyl (C=O) groups excluding carboxylic acids is 2. The Labute approximate surface area is 93.8 Å². The normalized spacial score (nSPS) is 14.6. The minimum absolute atomic E-state index is 0.0355. The molecule has 1 amide bonds. The van der Waals surface area contributed by atoms with E-state index in [9.17, 15) is 9.59 Å². The molecule has 2 rings (SSSR count). The van der Waals surface area contributed by atoms with Crippen molar-refractivity contribution in [1.29, 1.82) is 0 Å². The zero-order valence-corrected chi connectivity index (χ0v) is 9.33. The highest BCUT2D eigenvalue weighted by Crippen LogP contribution is 2.25. The van der Waals surface area contributed by atoms with Crippen LogP contribution in [0.25, 0.3) is 0 Å². The summed E-state index contributed by atoms with van der Waals surface area (Å²) in [5, 5.41) is 2.72. The van der Waals surface area contributed by atoms with Gasteiger partial charge in [-0.25, -0.2) is 0 Å². The van der Waals surface area contributed by atoms with Gasteiger partial charge in [-0.1, -0.05) is 0 Å². The number of nitrogens with two attached hydrogens (primary N) is 1. The van der Waals surface area contributed by atoms with E-state index in [1.807, 2.05) is 0 Å². The summed E-state index contributed by atoms with van der Waals surface area (Å²) in [6.07, 6.45) is 0.335. The Bertz CT molecular complexity index is 472. The molecule has 16 heavy (non-hydrogen) atoms. The molecule has 1 aliphatic rings. The van der Waals surface area contributed by atoms with Crippen LogP contribution in [0.4, 0.5) is 5.69 Å². The molecule has 84 valence electrons. The van der Waals surface area contributed by atoms with Gasteiger partial charge in [-0.2, -0.15) is 0 Å². The fourth-order valence-corrected chi connectivity index (χ4v) is 1.74. The molecule has 0 aliphatic carbocycles. The van der Waals surface area contributed by atoms with Crippen molar-refractivity contribution in [3.8, 4) is 0 Å². The highest BCUT2D eigenvalue weighted by Gasteiger charge is 2.25. The van der Waals surface area contributed by atoms with E-state index >= 15 is 0 Å². The van der Waals surface area contributed by atoms with Crippen LogP contribution in [0.3, 0.4) is 0 Å². The van der Waals surface area contributed by atoms with E-state index < -0.39 is 5.54 Å². The Hall–Kier alpha value is -1.68.